The summed E-state index contributed by atoms with van der Waals surface area (Å²) in [6, 6.07) is 4.76. The van der Waals surface area contributed by atoms with Crippen LogP contribution in [0.25, 0.3) is 22.0 Å². The predicted molar refractivity (Wildman–Crippen MR) is 109 cm³/mol. The minimum Gasteiger partial charge on any atom is -0.352 e. The quantitative estimate of drug-likeness (QED) is 0.613. The molecule has 0 spiro atoms. The third-order valence-electron chi connectivity index (χ3n) is 5.31. The van der Waals surface area contributed by atoms with Crippen molar-refractivity contribution in [1.29, 1.82) is 0 Å². The van der Waals surface area contributed by atoms with Gasteiger partial charge in [-0.3, -0.25) is 4.79 Å². The van der Waals surface area contributed by atoms with Crippen molar-refractivity contribution in [3.8, 4) is 11.1 Å². The maximum absolute atomic E-state index is 15.4. The van der Waals surface area contributed by atoms with Crippen LogP contribution in [0.5, 0.6) is 0 Å². The van der Waals surface area contributed by atoms with Gasteiger partial charge in [0.05, 0.1) is 0 Å². The lowest BCUT2D eigenvalue weighted by molar-refractivity contribution is -0.126. The molecule has 0 N–H and O–H groups in total. The minimum absolute atomic E-state index is 0.0231. The molecule has 0 unspecified atom stereocenters. The van der Waals surface area contributed by atoms with Crippen LogP contribution in [0.15, 0.2) is 43.2 Å². The SMILES string of the molecule is C=CC(=O)N1CCN(c2ncnc3c(F)c(-c4ccc(F)cc4F)c(C)cc23)CC1. The van der Waals surface area contributed by atoms with Crippen molar-refractivity contribution in [3.05, 3.63) is 66.3 Å². The summed E-state index contributed by atoms with van der Waals surface area (Å²) in [4.78, 5) is 23.9. The van der Waals surface area contributed by atoms with Gasteiger partial charge in [-0.05, 0) is 36.8 Å². The fourth-order valence-corrected chi connectivity index (χ4v) is 3.82. The van der Waals surface area contributed by atoms with Crippen molar-refractivity contribution in [3.63, 3.8) is 0 Å². The average molecular weight is 412 g/mol. The first-order chi connectivity index (χ1) is 14.4. The third kappa shape index (κ3) is 3.38. The van der Waals surface area contributed by atoms with Gasteiger partial charge >= 0.3 is 0 Å². The maximum Gasteiger partial charge on any atom is 0.246 e. The smallest absolute Gasteiger partial charge is 0.246 e. The number of nitrogens with zero attached hydrogens (tertiary/aromatic N) is 4. The summed E-state index contributed by atoms with van der Waals surface area (Å²) in [7, 11) is 0. The zero-order chi connectivity index (χ0) is 21.4. The summed E-state index contributed by atoms with van der Waals surface area (Å²) in [6.45, 7) is 7.22. The Morgan fingerprint density at radius 2 is 1.83 bits per heavy atom. The number of carbonyl (C=O) groups excluding carboxylic acids is 1. The fourth-order valence-electron chi connectivity index (χ4n) is 3.82. The summed E-state index contributed by atoms with van der Waals surface area (Å²) >= 11 is 0. The summed E-state index contributed by atoms with van der Waals surface area (Å²) in [5.74, 6) is -1.82. The summed E-state index contributed by atoms with van der Waals surface area (Å²) < 4.78 is 43.0. The van der Waals surface area contributed by atoms with Crippen molar-refractivity contribution in [2.75, 3.05) is 31.1 Å². The molecule has 30 heavy (non-hydrogen) atoms. The molecule has 1 aliphatic rings. The lowest BCUT2D eigenvalue weighted by Crippen LogP contribution is -2.48. The number of anilines is 1. The van der Waals surface area contributed by atoms with E-state index in [1.165, 1.54) is 18.5 Å². The second kappa shape index (κ2) is 7.78. The zero-order valence-corrected chi connectivity index (χ0v) is 16.3. The van der Waals surface area contributed by atoms with Crippen molar-refractivity contribution >= 4 is 22.6 Å². The van der Waals surface area contributed by atoms with Crippen molar-refractivity contribution < 1.29 is 18.0 Å². The van der Waals surface area contributed by atoms with Gasteiger partial charge in [0.25, 0.3) is 0 Å². The van der Waals surface area contributed by atoms with Crippen LogP contribution in [0.3, 0.4) is 0 Å². The van der Waals surface area contributed by atoms with Gasteiger partial charge in [-0.25, -0.2) is 23.1 Å². The number of piperazine rings is 1. The van der Waals surface area contributed by atoms with Gasteiger partial charge in [0.15, 0.2) is 5.82 Å². The summed E-state index contributed by atoms with van der Waals surface area (Å²) in [5, 5.41) is 0.502. The van der Waals surface area contributed by atoms with E-state index in [0.717, 1.165) is 12.1 Å². The van der Waals surface area contributed by atoms with E-state index in [2.05, 4.69) is 16.5 Å². The van der Waals surface area contributed by atoms with Crippen LogP contribution in [0, 0.1) is 24.4 Å². The lowest BCUT2D eigenvalue weighted by atomic mass is 9.97. The van der Waals surface area contributed by atoms with Gasteiger partial charge < -0.3 is 9.80 Å². The molecule has 1 saturated heterocycles. The molecule has 2 heterocycles. The standard InChI is InChI=1S/C22H19F3N4O/c1-3-18(30)28-6-8-29(9-7-28)22-16-10-13(2)19(20(25)21(16)26-12-27-22)15-5-4-14(23)11-17(15)24/h3-5,10-12H,1,6-9H2,2H3. The number of hydrogen-bond donors (Lipinski definition) is 0. The zero-order valence-electron chi connectivity index (χ0n) is 16.3. The molecule has 0 bridgehead atoms. The Morgan fingerprint density at radius 3 is 2.50 bits per heavy atom. The molecule has 0 radical (unpaired) electrons. The minimum atomic E-state index is -0.839. The largest absolute Gasteiger partial charge is 0.352 e. The molecular weight excluding hydrogens is 393 g/mol. The van der Waals surface area contributed by atoms with Crippen molar-refractivity contribution in [2.24, 2.45) is 0 Å². The second-order valence-electron chi connectivity index (χ2n) is 7.12. The van der Waals surface area contributed by atoms with E-state index in [-0.39, 0.29) is 22.6 Å². The molecule has 1 aromatic heterocycles. The van der Waals surface area contributed by atoms with Crippen LogP contribution in [-0.4, -0.2) is 47.0 Å². The number of halogens is 3. The molecule has 1 fully saturated rings. The normalized spacial score (nSPS) is 14.3. The molecular formula is C22H19F3N4O. The van der Waals surface area contributed by atoms with E-state index >= 15 is 4.39 Å². The third-order valence-corrected chi connectivity index (χ3v) is 5.31. The number of aromatic nitrogens is 2. The van der Waals surface area contributed by atoms with Gasteiger partial charge in [0, 0.05) is 48.8 Å². The fraction of sp³-hybridized carbons (Fsp3) is 0.227. The van der Waals surface area contributed by atoms with Gasteiger partial charge in [0.2, 0.25) is 5.91 Å². The molecule has 0 atom stereocenters. The highest BCUT2D eigenvalue weighted by Crippen LogP contribution is 2.36. The molecule has 1 amide bonds. The van der Waals surface area contributed by atoms with E-state index in [9.17, 15) is 13.6 Å². The first-order valence-corrected chi connectivity index (χ1v) is 9.46. The van der Waals surface area contributed by atoms with Crippen LogP contribution >= 0.6 is 0 Å². The van der Waals surface area contributed by atoms with Gasteiger partial charge in [-0.1, -0.05) is 6.58 Å². The molecule has 5 nitrogen and oxygen atoms in total. The molecule has 0 saturated carbocycles. The number of hydrogen-bond acceptors (Lipinski definition) is 4. The van der Waals surface area contributed by atoms with Crippen LogP contribution in [0.2, 0.25) is 0 Å². The second-order valence-corrected chi connectivity index (χ2v) is 7.12. The molecule has 4 rings (SSSR count). The highest BCUT2D eigenvalue weighted by molar-refractivity contribution is 5.94. The molecule has 3 aromatic rings. The highest BCUT2D eigenvalue weighted by Gasteiger charge is 2.24. The van der Waals surface area contributed by atoms with Crippen molar-refractivity contribution in [2.45, 2.75) is 6.92 Å². The lowest BCUT2D eigenvalue weighted by Gasteiger charge is -2.35. The Labute approximate surface area is 171 Å². The van der Waals surface area contributed by atoms with Crippen molar-refractivity contribution in [1.82, 2.24) is 14.9 Å². The van der Waals surface area contributed by atoms with E-state index < -0.39 is 17.5 Å². The molecule has 2 aromatic carbocycles. The van der Waals surface area contributed by atoms with E-state index in [1.807, 2.05) is 4.90 Å². The number of fused-ring (bicyclic) bond motifs is 1. The number of rotatable bonds is 3. The Morgan fingerprint density at radius 1 is 1.10 bits per heavy atom. The summed E-state index contributed by atoms with van der Waals surface area (Å²) in [5.41, 5.74) is 0.576. The topological polar surface area (TPSA) is 49.3 Å². The first kappa shape index (κ1) is 19.9. The van der Waals surface area contributed by atoms with E-state index in [1.54, 1.807) is 17.9 Å². The predicted octanol–water partition coefficient (Wildman–Crippen LogP) is 3.86. The number of carbonyl (C=O) groups is 1. The molecule has 1 aliphatic heterocycles. The van der Waals surface area contributed by atoms with Crippen LogP contribution < -0.4 is 4.90 Å². The first-order valence-electron chi connectivity index (χ1n) is 9.46. The highest BCUT2D eigenvalue weighted by atomic mass is 19.1. The number of benzene rings is 2. The van der Waals surface area contributed by atoms with Crippen LogP contribution in [-0.2, 0) is 4.79 Å². The Balaban J connectivity index is 1.77. The van der Waals surface area contributed by atoms with Gasteiger partial charge in [0.1, 0.15) is 29.3 Å². The van der Waals surface area contributed by atoms with Crippen LogP contribution in [0.4, 0.5) is 19.0 Å². The number of amides is 1. The molecule has 0 aliphatic carbocycles. The Kier molecular flexibility index (Phi) is 5.15. The average Bonchev–Trinajstić information content (AvgIpc) is 2.74. The van der Waals surface area contributed by atoms with Gasteiger partial charge in [-0.2, -0.15) is 0 Å². The van der Waals surface area contributed by atoms with E-state index in [0.29, 0.717) is 42.9 Å². The molecule has 8 heteroatoms. The number of aryl methyl sites for hydroxylation is 1. The maximum atomic E-state index is 15.4. The monoisotopic (exact) mass is 412 g/mol. The Hall–Kier alpha value is -3.42. The van der Waals surface area contributed by atoms with Crippen LogP contribution in [0.1, 0.15) is 5.56 Å². The van der Waals surface area contributed by atoms with Gasteiger partial charge in [-0.15, -0.1) is 0 Å². The van der Waals surface area contributed by atoms with E-state index in [4.69, 9.17) is 0 Å². The molecule has 154 valence electrons. The Bertz CT molecular complexity index is 1160. The summed E-state index contributed by atoms with van der Waals surface area (Å²) in [6.07, 6.45) is 2.55.